The Bertz CT molecular complexity index is 351. The number of halogens is 6. The van der Waals surface area contributed by atoms with E-state index in [0.717, 1.165) is 0 Å². The van der Waals surface area contributed by atoms with Crippen molar-refractivity contribution in [3.8, 4) is 0 Å². The van der Waals surface area contributed by atoms with Crippen LogP contribution < -0.4 is 0 Å². The summed E-state index contributed by atoms with van der Waals surface area (Å²) in [7, 11) is 0. The number of nitrogens with zero attached hydrogens (tertiary/aromatic N) is 2. The molecule has 0 aromatic rings. The molecule has 2 N–H and O–H groups in total. The number of β-amino-alcohol motifs (C(OH)–C–C–N with tert-alkyl or cyclic N) is 2. The van der Waals surface area contributed by atoms with Crippen LogP contribution in [0.3, 0.4) is 0 Å². The fourth-order valence-electron chi connectivity index (χ4n) is 2.63. The van der Waals surface area contributed by atoms with Gasteiger partial charge in [0.1, 0.15) is 0 Å². The van der Waals surface area contributed by atoms with Crippen molar-refractivity contribution in [3.63, 3.8) is 0 Å². The smallest absolute Gasteiger partial charge is 0.382 e. The molecule has 1 aliphatic rings. The van der Waals surface area contributed by atoms with E-state index in [1.807, 2.05) is 0 Å². The summed E-state index contributed by atoms with van der Waals surface area (Å²) < 4.78 is 74.2. The van der Waals surface area contributed by atoms with Crippen molar-refractivity contribution in [2.45, 2.75) is 50.5 Å². The van der Waals surface area contributed by atoms with Crippen molar-refractivity contribution in [1.29, 1.82) is 0 Å². The zero-order valence-electron chi connectivity index (χ0n) is 12.2. The fourth-order valence-corrected chi connectivity index (χ4v) is 2.63. The van der Waals surface area contributed by atoms with Gasteiger partial charge in [-0.1, -0.05) is 0 Å². The number of piperazine rings is 1. The van der Waals surface area contributed by atoms with Crippen molar-refractivity contribution in [2.24, 2.45) is 0 Å². The van der Waals surface area contributed by atoms with Gasteiger partial charge in [0.25, 0.3) is 0 Å². The van der Waals surface area contributed by atoms with Crippen molar-refractivity contribution in [1.82, 2.24) is 9.80 Å². The number of alkyl halides is 6. The number of rotatable bonds is 4. The van der Waals surface area contributed by atoms with Crippen molar-refractivity contribution in [3.05, 3.63) is 0 Å². The van der Waals surface area contributed by atoms with Crippen LogP contribution >= 0.6 is 0 Å². The molecule has 132 valence electrons. The van der Waals surface area contributed by atoms with E-state index in [4.69, 9.17) is 10.2 Å². The standard InChI is InChI=1S/C12H20F6N2O2/c1-7-3-19(5-9(21)11(13,14)15)4-8(2)20(7)6-10(22)12(16,17)18/h7-10,21-22H,3-6H2,1-2H3/t7-,8-,9+,10+/m1/s1. The lowest BCUT2D eigenvalue weighted by molar-refractivity contribution is -0.217. The molecule has 1 saturated heterocycles. The lowest BCUT2D eigenvalue weighted by Gasteiger charge is -2.45. The second-order valence-electron chi connectivity index (χ2n) is 5.73. The first-order valence-electron chi connectivity index (χ1n) is 6.80. The molecule has 0 bridgehead atoms. The highest BCUT2D eigenvalue weighted by Gasteiger charge is 2.43. The molecule has 1 rings (SSSR count). The van der Waals surface area contributed by atoms with Crippen LogP contribution in [0.1, 0.15) is 13.8 Å². The Hall–Kier alpha value is -0.580. The third-order valence-electron chi connectivity index (χ3n) is 3.75. The summed E-state index contributed by atoms with van der Waals surface area (Å²) >= 11 is 0. The van der Waals surface area contributed by atoms with Gasteiger partial charge in [-0.25, -0.2) is 0 Å². The summed E-state index contributed by atoms with van der Waals surface area (Å²) in [6, 6.07) is -0.942. The summed E-state index contributed by atoms with van der Waals surface area (Å²) in [5.74, 6) is 0. The topological polar surface area (TPSA) is 46.9 Å². The third kappa shape index (κ3) is 5.25. The van der Waals surface area contributed by atoms with E-state index >= 15 is 0 Å². The summed E-state index contributed by atoms with van der Waals surface area (Å²) in [5.41, 5.74) is 0. The van der Waals surface area contributed by atoms with Crippen LogP contribution in [0, 0.1) is 0 Å². The summed E-state index contributed by atoms with van der Waals surface area (Å²) in [6.45, 7) is 2.08. The monoisotopic (exact) mass is 338 g/mol. The molecular formula is C12H20F6N2O2. The fraction of sp³-hybridized carbons (Fsp3) is 1.00. The molecule has 0 amide bonds. The quantitative estimate of drug-likeness (QED) is 0.757. The van der Waals surface area contributed by atoms with Crippen molar-refractivity contribution < 1.29 is 36.6 Å². The van der Waals surface area contributed by atoms with Crippen molar-refractivity contribution in [2.75, 3.05) is 26.2 Å². The Morgan fingerprint density at radius 1 is 0.864 bits per heavy atom. The van der Waals surface area contributed by atoms with E-state index < -0.39 is 49.7 Å². The maximum atomic E-state index is 12.4. The van der Waals surface area contributed by atoms with Gasteiger partial charge in [-0.15, -0.1) is 0 Å². The first kappa shape index (κ1) is 19.5. The van der Waals surface area contributed by atoms with Gasteiger partial charge in [-0.3, -0.25) is 9.80 Å². The minimum Gasteiger partial charge on any atom is -0.382 e. The maximum Gasteiger partial charge on any atom is 0.415 e. The molecule has 0 aromatic carbocycles. The lowest BCUT2D eigenvalue weighted by atomic mass is 10.1. The maximum absolute atomic E-state index is 12.4. The Kier molecular flexibility index (Phi) is 6.10. The molecule has 0 radical (unpaired) electrons. The summed E-state index contributed by atoms with van der Waals surface area (Å²) in [4.78, 5) is 2.78. The number of aliphatic hydroxyl groups excluding tert-OH is 2. The van der Waals surface area contributed by atoms with Gasteiger partial charge in [-0.2, -0.15) is 26.3 Å². The molecule has 22 heavy (non-hydrogen) atoms. The normalized spacial score (nSPS) is 28.6. The largest absolute Gasteiger partial charge is 0.415 e. The molecular weight excluding hydrogens is 318 g/mol. The molecule has 0 aliphatic carbocycles. The second kappa shape index (κ2) is 6.90. The van der Waals surface area contributed by atoms with Gasteiger partial charge in [0.15, 0.2) is 12.2 Å². The first-order chi connectivity index (χ1) is 9.82. The van der Waals surface area contributed by atoms with Crippen LogP contribution in [0.15, 0.2) is 0 Å². The van der Waals surface area contributed by atoms with Crippen LogP contribution in [0.4, 0.5) is 26.3 Å². The SMILES string of the molecule is C[C@@H]1CN(C[C@H](O)C(F)(F)F)C[C@@H](C)N1C[C@H](O)C(F)(F)F. The van der Waals surface area contributed by atoms with E-state index in [1.54, 1.807) is 13.8 Å². The Labute approximate surface area is 124 Å². The highest BCUT2D eigenvalue weighted by atomic mass is 19.4. The van der Waals surface area contributed by atoms with Gasteiger partial charge >= 0.3 is 12.4 Å². The second-order valence-corrected chi connectivity index (χ2v) is 5.73. The number of hydrogen-bond acceptors (Lipinski definition) is 4. The molecule has 0 saturated carbocycles. The van der Waals surface area contributed by atoms with Crippen LogP contribution in [-0.4, -0.2) is 82.8 Å². The van der Waals surface area contributed by atoms with Gasteiger partial charge in [0.05, 0.1) is 0 Å². The van der Waals surface area contributed by atoms with E-state index in [-0.39, 0.29) is 13.1 Å². The molecule has 0 spiro atoms. The van der Waals surface area contributed by atoms with Crippen LogP contribution in [-0.2, 0) is 0 Å². The lowest BCUT2D eigenvalue weighted by Crippen LogP contribution is -2.60. The number of aliphatic hydroxyl groups is 2. The first-order valence-corrected chi connectivity index (χ1v) is 6.80. The molecule has 1 fully saturated rings. The predicted molar refractivity (Wildman–Crippen MR) is 66.2 cm³/mol. The molecule has 4 nitrogen and oxygen atoms in total. The molecule has 0 aromatic heterocycles. The minimum atomic E-state index is -4.73. The summed E-state index contributed by atoms with van der Waals surface area (Å²) in [5, 5.41) is 18.2. The average molecular weight is 338 g/mol. The van der Waals surface area contributed by atoms with Gasteiger partial charge < -0.3 is 10.2 Å². The molecule has 0 unspecified atom stereocenters. The van der Waals surface area contributed by atoms with E-state index in [9.17, 15) is 26.3 Å². The average Bonchev–Trinajstić information content (AvgIpc) is 2.31. The van der Waals surface area contributed by atoms with Gasteiger partial charge in [0.2, 0.25) is 0 Å². The summed E-state index contributed by atoms with van der Waals surface area (Å²) in [6.07, 6.45) is -14.4. The zero-order chi connectivity index (χ0) is 17.3. The van der Waals surface area contributed by atoms with Crippen LogP contribution in [0.5, 0.6) is 0 Å². The highest BCUT2D eigenvalue weighted by molar-refractivity contribution is 4.88. The Morgan fingerprint density at radius 3 is 1.59 bits per heavy atom. The Morgan fingerprint density at radius 2 is 1.23 bits per heavy atom. The molecule has 1 heterocycles. The van der Waals surface area contributed by atoms with E-state index in [2.05, 4.69) is 0 Å². The molecule has 4 atom stereocenters. The van der Waals surface area contributed by atoms with Crippen molar-refractivity contribution >= 4 is 0 Å². The Balaban J connectivity index is 2.62. The van der Waals surface area contributed by atoms with Gasteiger partial charge in [0, 0.05) is 38.3 Å². The zero-order valence-corrected chi connectivity index (χ0v) is 12.2. The molecule has 10 heteroatoms. The van der Waals surface area contributed by atoms with E-state index in [0.29, 0.717) is 0 Å². The predicted octanol–water partition coefficient (Wildman–Crippen LogP) is 1.23. The minimum absolute atomic E-state index is 0.0854. The molecule has 1 aliphatic heterocycles. The number of hydrogen-bond donors (Lipinski definition) is 2. The van der Waals surface area contributed by atoms with E-state index in [1.165, 1.54) is 9.80 Å². The highest BCUT2D eigenvalue weighted by Crippen LogP contribution is 2.25. The van der Waals surface area contributed by atoms with Crippen LogP contribution in [0.25, 0.3) is 0 Å². The van der Waals surface area contributed by atoms with Gasteiger partial charge in [-0.05, 0) is 13.8 Å². The third-order valence-corrected chi connectivity index (χ3v) is 3.75. The van der Waals surface area contributed by atoms with Crippen LogP contribution in [0.2, 0.25) is 0 Å².